The lowest BCUT2D eigenvalue weighted by molar-refractivity contribution is 0.497. The van der Waals surface area contributed by atoms with E-state index in [-0.39, 0.29) is 6.67 Å². The number of nitrogens with zero attached hydrogens (tertiary/aromatic N) is 3. The number of alkyl halides is 1. The van der Waals surface area contributed by atoms with E-state index in [1.165, 1.54) is 3.57 Å². The largest absolute Gasteiger partial charge is 0.372 e. The maximum atomic E-state index is 12.4. The molecule has 3 nitrogen and oxygen atoms in total. The summed E-state index contributed by atoms with van der Waals surface area (Å²) in [5.41, 5.74) is 4.19. The van der Waals surface area contributed by atoms with Gasteiger partial charge in [0.1, 0.15) is 12.5 Å². The molecule has 0 saturated heterocycles. The number of aromatic nitrogens is 2. The zero-order chi connectivity index (χ0) is 15.7. The van der Waals surface area contributed by atoms with Crippen LogP contribution in [0.2, 0.25) is 0 Å². The van der Waals surface area contributed by atoms with Crippen LogP contribution in [0.4, 0.5) is 10.1 Å². The molecule has 0 bridgehead atoms. The second kappa shape index (κ2) is 6.24. The summed E-state index contributed by atoms with van der Waals surface area (Å²) < 4.78 is 15.7. The number of halogens is 2. The van der Waals surface area contributed by atoms with Gasteiger partial charge in [-0.2, -0.15) is 0 Å². The summed E-state index contributed by atoms with van der Waals surface area (Å²) in [6.45, 7) is 0.0612. The zero-order valence-electron chi connectivity index (χ0n) is 12.6. The fraction of sp³-hybridized carbons (Fsp3) is 0.235. The highest BCUT2D eigenvalue weighted by molar-refractivity contribution is 14.1. The molecule has 0 saturated carbocycles. The summed E-state index contributed by atoms with van der Waals surface area (Å²) in [7, 11) is 3.93. The van der Waals surface area contributed by atoms with E-state index in [4.69, 9.17) is 4.98 Å². The first-order valence-corrected chi connectivity index (χ1v) is 8.17. The van der Waals surface area contributed by atoms with Crippen LogP contribution >= 0.6 is 22.6 Å². The van der Waals surface area contributed by atoms with Gasteiger partial charge < -0.3 is 9.47 Å². The highest BCUT2D eigenvalue weighted by Crippen LogP contribution is 2.26. The van der Waals surface area contributed by atoms with Gasteiger partial charge in [-0.3, -0.25) is 0 Å². The summed E-state index contributed by atoms with van der Waals surface area (Å²) in [6.07, 6.45) is 0. The molecule has 114 valence electrons. The van der Waals surface area contributed by atoms with E-state index in [2.05, 4.69) is 39.3 Å². The Hall–Kier alpha value is -1.63. The van der Waals surface area contributed by atoms with Gasteiger partial charge in [0.05, 0.1) is 11.0 Å². The summed E-state index contributed by atoms with van der Waals surface area (Å²) in [5.74, 6) is 0.941. The van der Waals surface area contributed by atoms with Crippen molar-refractivity contribution in [3.8, 4) is 11.4 Å². The first-order chi connectivity index (χ1) is 10.6. The van der Waals surface area contributed by atoms with Crippen LogP contribution in [-0.4, -0.2) is 29.8 Å². The van der Waals surface area contributed by atoms with E-state index >= 15 is 0 Å². The fourth-order valence-corrected chi connectivity index (χ4v) is 3.02. The Morgan fingerprint density at radius 3 is 2.59 bits per heavy atom. The topological polar surface area (TPSA) is 21.1 Å². The Morgan fingerprint density at radius 1 is 1.18 bits per heavy atom. The predicted octanol–water partition coefficient (Wildman–Crippen LogP) is 4.25. The van der Waals surface area contributed by atoms with Crippen molar-refractivity contribution in [2.24, 2.45) is 7.05 Å². The molecule has 0 N–H and O–H groups in total. The van der Waals surface area contributed by atoms with Crippen LogP contribution in [0.25, 0.3) is 22.4 Å². The molecular formula is C17H17FIN3. The Kier molecular flexibility index (Phi) is 4.33. The van der Waals surface area contributed by atoms with Crippen LogP contribution in [0.15, 0.2) is 42.5 Å². The molecule has 2 aromatic carbocycles. The molecule has 5 heteroatoms. The molecule has 0 aliphatic carbocycles. The third kappa shape index (κ3) is 2.82. The molecule has 1 aromatic heterocycles. The number of hydrogen-bond donors (Lipinski definition) is 0. The minimum absolute atomic E-state index is 0.346. The van der Waals surface area contributed by atoms with Crippen molar-refractivity contribution in [1.82, 2.24) is 9.55 Å². The van der Waals surface area contributed by atoms with Gasteiger partial charge in [-0.15, -0.1) is 0 Å². The van der Waals surface area contributed by atoms with E-state index in [0.717, 1.165) is 28.1 Å². The van der Waals surface area contributed by atoms with E-state index < -0.39 is 0 Å². The second-order valence-corrected chi connectivity index (χ2v) is 6.53. The normalized spacial score (nSPS) is 11.1. The quantitative estimate of drug-likeness (QED) is 0.601. The molecule has 22 heavy (non-hydrogen) atoms. The molecule has 1 heterocycles. The van der Waals surface area contributed by atoms with Crippen molar-refractivity contribution >= 4 is 39.3 Å². The van der Waals surface area contributed by atoms with Crippen LogP contribution < -0.4 is 4.90 Å². The molecule has 3 rings (SSSR count). The summed E-state index contributed by atoms with van der Waals surface area (Å²) in [6, 6.07) is 14.3. The van der Waals surface area contributed by atoms with Crippen LogP contribution in [0.5, 0.6) is 0 Å². The van der Waals surface area contributed by atoms with E-state index in [1.807, 2.05) is 49.3 Å². The average molecular weight is 409 g/mol. The Morgan fingerprint density at radius 2 is 1.91 bits per heavy atom. The Labute approximate surface area is 142 Å². The van der Waals surface area contributed by atoms with E-state index in [1.54, 1.807) is 0 Å². The van der Waals surface area contributed by atoms with Crippen molar-refractivity contribution in [2.75, 3.05) is 25.2 Å². The Balaban J connectivity index is 1.99. The second-order valence-electron chi connectivity index (χ2n) is 5.28. The van der Waals surface area contributed by atoms with Crippen LogP contribution in [0.1, 0.15) is 0 Å². The summed E-state index contributed by atoms with van der Waals surface area (Å²) in [4.78, 5) is 6.62. The molecule has 0 aliphatic rings. The van der Waals surface area contributed by atoms with Gasteiger partial charge in [0.15, 0.2) is 0 Å². The Bertz CT molecular complexity index is 796. The molecule has 0 fully saturated rings. The number of rotatable bonds is 4. The maximum absolute atomic E-state index is 12.4. The van der Waals surface area contributed by atoms with Gasteiger partial charge in [0.2, 0.25) is 0 Å². The smallest absolute Gasteiger partial charge is 0.140 e. The van der Waals surface area contributed by atoms with Crippen LogP contribution in [0, 0.1) is 3.57 Å². The molecule has 0 amide bonds. The van der Waals surface area contributed by atoms with Gasteiger partial charge in [0, 0.05) is 35.5 Å². The average Bonchev–Trinajstić information content (AvgIpc) is 2.84. The molecule has 0 atom stereocenters. The third-order valence-electron chi connectivity index (χ3n) is 3.83. The SMILES string of the molecule is CN(CCF)c1ccc(-c2nc3ccc(I)cc3n2C)cc1. The van der Waals surface area contributed by atoms with Crippen LogP contribution in [0.3, 0.4) is 0 Å². The van der Waals surface area contributed by atoms with Gasteiger partial charge >= 0.3 is 0 Å². The zero-order valence-corrected chi connectivity index (χ0v) is 14.7. The van der Waals surface area contributed by atoms with Crippen molar-refractivity contribution in [3.63, 3.8) is 0 Å². The van der Waals surface area contributed by atoms with Gasteiger partial charge in [-0.1, -0.05) is 0 Å². The standard InChI is InChI=1S/C17H17FIN3/c1-21(10-9-18)14-6-3-12(4-7-14)17-20-15-8-5-13(19)11-16(15)22(17)2/h3-8,11H,9-10H2,1-2H3. The summed E-state index contributed by atoms with van der Waals surface area (Å²) in [5, 5.41) is 0. The number of anilines is 1. The number of hydrogen-bond acceptors (Lipinski definition) is 2. The van der Waals surface area contributed by atoms with Crippen molar-refractivity contribution in [3.05, 3.63) is 46.0 Å². The minimum Gasteiger partial charge on any atom is -0.372 e. The lowest BCUT2D eigenvalue weighted by Crippen LogP contribution is -2.19. The van der Waals surface area contributed by atoms with E-state index in [9.17, 15) is 4.39 Å². The number of aryl methyl sites for hydroxylation is 1. The van der Waals surface area contributed by atoms with Crippen LogP contribution in [-0.2, 0) is 7.05 Å². The van der Waals surface area contributed by atoms with E-state index in [0.29, 0.717) is 6.54 Å². The monoisotopic (exact) mass is 409 g/mol. The van der Waals surface area contributed by atoms with Crippen molar-refractivity contribution < 1.29 is 4.39 Å². The molecule has 0 radical (unpaired) electrons. The molecule has 3 aromatic rings. The minimum atomic E-state index is -0.346. The molecular weight excluding hydrogens is 392 g/mol. The lowest BCUT2D eigenvalue weighted by atomic mass is 10.2. The third-order valence-corrected chi connectivity index (χ3v) is 4.50. The summed E-state index contributed by atoms with van der Waals surface area (Å²) >= 11 is 2.31. The molecule has 0 spiro atoms. The van der Waals surface area contributed by atoms with Gasteiger partial charge in [-0.25, -0.2) is 9.37 Å². The lowest BCUT2D eigenvalue weighted by Gasteiger charge is -2.17. The fourth-order valence-electron chi connectivity index (χ4n) is 2.54. The van der Waals surface area contributed by atoms with Gasteiger partial charge in [-0.05, 0) is 65.1 Å². The highest BCUT2D eigenvalue weighted by Gasteiger charge is 2.10. The van der Waals surface area contributed by atoms with Crippen molar-refractivity contribution in [2.45, 2.75) is 0 Å². The maximum Gasteiger partial charge on any atom is 0.140 e. The van der Waals surface area contributed by atoms with Crippen molar-refractivity contribution in [1.29, 1.82) is 0 Å². The number of imidazole rings is 1. The first-order valence-electron chi connectivity index (χ1n) is 7.09. The number of fused-ring (bicyclic) bond motifs is 1. The first kappa shape index (κ1) is 15.3. The predicted molar refractivity (Wildman–Crippen MR) is 98.1 cm³/mol. The highest BCUT2D eigenvalue weighted by atomic mass is 127. The number of benzene rings is 2. The molecule has 0 unspecified atom stereocenters. The van der Waals surface area contributed by atoms with Gasteiger partial charge in [0.25, 0.3) is 0 Å². The molecule has 0 aliphatic heterocycles.